The Morgan fingerprint density at radius 2 is 1.46 bits per heavy atom. The molecule has 0 saturated heterocycles. The van der Waals surface area contributed by atoms with Crippen LogP contribution in [0, 0.1) is 17.3 Å². The third kappa shape index (κ3) is 3.29. The van der Waals surface area contributed by atoms with Crippen LogP contribution in [0.1, 0.15) is 41.5 Å². The van der Waals surface area contributed by atoms with Crippen LogP contribution >= 0.6 is 0 Å². The predicted molar refractivity (Wildman–Crippen MR) is 53.5 cm³/mol. The highest BCUT2D eigenvalue weighted by Gasteiger charge is 2.34. The van der Waals surface area contributed by atoms with E-state index < -0.39 is 11.3 Å². The second-order valence-electron chi connectivity index (χ2n) is 4.95. The van der Waals surface area contributed by atoms with E-state index >= 15 is 0 Å². The minimum atomic E-state index is -0.431. The van der Waals surface area contributed by atoms with E-state index in [2.05, 4.69) is 0 Å². The van der Waals surface area contributed by atoms with E-state index in [-0.39, 0.29) is 17.5 Å². The van der Waals surface area contributed by atoms with E-state index in [1.807, 2.05) is 34.6 Å². The maximum absolute atomic E-state index is 11.8. The highest BCUT2D eigenvalue weighted by molar-refractivity contribution is 6.03. The first-order valence-electron chi connectivity index (χ1n) is 4.72. The van der Waals surface area contributed by atoms with Gasteiger partial charge in [0.25, 0.3) is 0 Å². The molecule has 0 saturated carbocycles. The van der Waals surface area contributed by atoms with Gasteiger partial charge in [-0.25, -0.2) is 0 Å². The normalized spacial score (nSPS) is 14.4. The molecule has 0 aromatic rings. The van der Waals surface area contributed by atoms with Gasteiger partial charge in [-0.1, -0.05) is 34.6 Å². The van der Waals surface area contributed by atoms with Gasteiger partial charge in [-0.15, -0.1) is 0 Å². The maximum Gasteiger partial charge on any atom is 0.148 e. The molecule has 0 aliphatic carbocycles. The maximum atomic E-state index is 11.8. The SMILES string of the molecule is CC(=O)C(C(=O)C(C)(C)C)C(C)C. The zero-order chi connectivity index (χ0) is 10.8. The Hall–Kier alpha value is -0.660. The van der Waals surface area contributed by atoms with Crippen molar-refractivity contribution in [2.45, 2.75) is 41.5 Å². The summed E-state index contributed by atoms with van der Waals surface area (Å²) < 4.78 is 0. The van der Waals surface area contributed by atoms with Crippen LogP contribution in [0.2, 0.25) is 0 Å². The lowest BCUT2D eigenvalue weighted by Gasteiger charge is -2.25. The molecule has 0 amide bonds. The molecular weight excluding hydrogens is 164 g/mol. The first-order chi connectivity index (χ1) is 5.68. The monoisotopic (exact) mass is 184 g/mol. The highest BCUT2D eigenvalue weighted by Crippen LogP contribution is 2.25. The zero-order valence-corrected chi connectivity index (χ0v) is 9.47. The Kier molecular flexibility index (Phi) is 3.83. The second-order valence-corrected chi connectivity index (χ2v) is 4.95. The summed E-state index contributed by atoms with van der Waals surface area (Å²) in [5.74, 6) is -0.297. The summed E-state index contributed by atoms with van der Waals surface area (Å²) in [6, 6.07) is 0. The van der Waals surface area contributed by atoms with Gasteiger partial charge in [0.15, 0.2) is 0 Å². The van der Waals surface area contributed by atoms with Gasteiger partial charge in [0.1, 0.15) is 11.6 Å². The molecule has 0 N–H and O–H groups in total. The molecule has 0 radical (unpaired) electrons. The molecule has 1 unspecified atom stereocenters. The average molecular weight is 184 g/mol. The molecular formula is C11H20O2. The largest absolute Gasteiger partial charge is 0.299 e. The summed E-state index contributed by atoms with van der Waals surface area (Å²) in [7, 11) is 0. The molecule has 0 bridgehead atoms. The number of rotatable bonds is 3. The first kappa shape index (κ1) is 12.3. The third-order valence-electron chi connectivity index (χ3n) is 2.13. The van der Waals surface area contributed by atoms with E-state index in [1.165, 1.54) is 6.92 Å². The van der Waals surface area contributed by atoms with E-state index in [0.29, 0.717) is 0 Å². The van der Waals surface area contributed by atoms with Crippen molar-refractivity contribution >= 4 is 11.6 Å². The Morgan fingerprint density at radius 3 is 1.54 bits per heavy atom. The number of Topliss-reactive ketones (excluding diaryl/α,β-unsaturated/α-hetero) is 2. The van der Waals surface area contributed by atoms with E-state index in [9.17, 15) is 9.59 Å². The van der Waals surface area contributed by atoms with Crippen molar-refractivity contribution in [1.29, 1.82) is 0 Å². The molecule has 0 fully saturated rings. The number of hydrogen-bond donors (Lipinski definition) is 0. The standard InChI is InChI=1S/C11H20O2/c1-7(2)9(8(3)12)10(13)11(4,5)6/h7,9H,1-6H3. The summed E-state index contributed by atoms with van der Waals surface area (Å²) in [4.78, 5) is 23.1. The van der Waals surface area contributed by atoms with Gasteiger partial charge in [0, 0.05) is 5.41 Å². The van der Waals surface area contributed by atoms with Crippen LogP contribution in [0.3, 0.4) is 0 Å². The molecule has 0 aromatic heterocycles. The number of carbonyl (C=O) groups excluding carboxylic acids is 2. The predicted octanol–water partition coefficient (Wildman–Crippen LogP) is 2.46. The summed E-state index contributed by atoms with van der Waals surface area (Å²) in [6.45, 7) is 10.9. The van der Waals surface area contributed by atoms with Gasteiger partial charge in [0.05, 0.1) is 5.92 Å². The van der Waals surface area contributed by atoms with Crippen molar-refractivity contribution in [3.63, 3.8) is 0 Å². The van der Waals surface area contributed by atoms with E-state index in [4.69, 9.17) is 0 Å². The number of ketones is 2. The quantitative estimate of drug-likeness (QED) is 0.631. The van der Waals surface area contributed by atoms with Crippen LogP contribution in [-0.2, 0) is 9.59 Å². The number of hydrogen-bond acceptors (Lipinski definition) is 2. The van der Waals surface area contributed by atoms with E-state index in [1.54, 1.807) is 0 Å². The van der Waals surface area contributed by atoms with Crippen LogP contribution in [0.5, 0.6) is 0 Å². The highest BCUT2D eigenvalue weighted by atomic mass is 16.2. The molecule has 13 heavy (non-hydrogen) atoms. The van der Waals surface area contributed by atoms with Crippen molar-refractivity contribution < 1.29 is 9.59 Å². The van der Waals surface area contributed by atoms with Crippen molar-refractivity contribution in [3.05, 3.63) is 0 Å². The molecule has 0 heterocycles. The Labute approximate surface area is 80.7 Å². The fourth-order valence-corrected chi connectivity index (χ4v) is 1.42. The molecule has 0 aliphatic rings. The Bertz CT molecular complexity index is 209. The lowest BCUT2D eigenvalue weighted by molar-refractivity contribution is -0.138. The van der Waals surface area contributed by atoms with Gasteiger partial charge in [-0.2, -0.15) is 0 Å². The van der Waals surface area contributed by atoms with Crippen LogP contribution in [0.25, 0.3) is 0 Å². The number of carbonyl (C=O) groups is 2. The lowest BCUT2D eigenvalue weighted by atomic mass is 9.76. The van der Waals surface area contributed by atoms with Crippen LogP contribution < -0.4 is 0 Å². The van der Waals surface area contributed by atoms with Crippen molar-refractivity contribution in [2.75, 3.05) is 0 Å². The zero-order valence-electron chi connectivity index (χ0n) is 9.47. The smallest absolute Gasteiger partial charge is 0.148 e. The summed E-state index contributed by atoms with van der Waals surface area (Å²) in [5.41, 5.74) is -0.416. The van der Waals surface area contributed by atoms with Crippen molar-refractivity contribution in [1.82, 2.24) is 0 Å². The Balaban J connectivity index is 4.78. The third-order valence-corrected chi connectivity index (χ3v) is 2.13. The second kappa shape index (κ2) is 4.03. The minimum Gasteiger partial charge on any atom is -0.299 e. The van der Waals surface area contributed by atoms with Gasteiger partial charge < -0.3 is 0 Å². The van der Waals surface area contributed by atoms with Gasteiger partial charge in [0.2, 0.25) is 0 Å². The summed E-state index contributed by atoms with van der Waals surface area (Å²) >= 11 is 0. The Morgan fingerprint density at radius 1 is 1.08 bits per heavy atom. The fourth-order valence-electron chi connectivity index (χ4n) is 1.42. The summed E-state index contributed by atoms with van der Waals surface area (Å²) in [5, 5.41) is 0. The first-order valence-corrected chi connectivity index (χ1v) is 4.72. The topological polar surface area (TPSA) is 34.1 Å². The molecule has 0 aromatic carbocycles. The molecule has 2 heteroatoms. The lowest BCUT2D eigenvalue weighted by Crippen LogP contribution is -2.35. The van der Waals surface area contributed by atoms with E-state index in [0.717, 1.165) is 0 Å². The van der Waals surface area contributed by atoms with Crippen LogP contribution in [-0.4, -0.2) is 11.6 Å². The molecule has 0 rings (SSSR count). The molecule has 2 nitrogen and oxygen atoms in total. The van der Waals surface area contributed by atoms with Gasteiger partial charge >= 0.3 is 0 Å². The van der Waals surface area contributed by atoms with Crippen LogP contribution in [0.4, 0.5) is 0 Å². The molecule has 76 valence electrons. The fraction of sp³-hybridized carbons (Fsp3) is 0.818. The molecule has 1 atom stereocenters. The van der Waals surface area contributed by atoms with Crippen molar-refractivity contribution in [2.24, 2.45) is 17.3 Å². The summed E-state index contributed by atoms with van der Waals surface area (Å²) in [6.07, 6.45) is 0. The van der Waals surface area contributed by atoms with Gasteiger partial charge in [-0.3, -0.25) is 9.59 Å². The van der Waals surface area contributed by atoms with Crippen LogP contribution in [0.15, 0.2) is 0 Å². The minimum absolute atomic E-state index is 0.0186. The van der Waals surface area contributed by atoms with Gasteiger partial charge in [-0.05, 0) is 12.8 Å². The molecule has 0 aliphatic heterocycles. The average Bonchev–Trinajstić information content (AvgIpc) is 1.82. The van der Waals surface area contributed by atoms with Crippen molar-refractivity contribution in [3.8, 4) is 0 Å². The molecule has 0 spiro atoms.